The first-order valence-electron chi connectivity index (χ1n) is 10.8. The van der Waals surface area contributed by atoms with Crippen LogP contribution in [0.1, 0.15) is 70.4 Å². The quantitative estimate of drug-likeness (QED) is 0.800. The van der Waals surface area contributed by atoms with E-state index in [4.69, 9.17) is 0 Å². The second-order valence-electron chi connectivity index (χ2n) is 8.98. The lowest BCUT2D eigenvalue weighted by atomic mass is 9.96. The van der Waals surface area contributed by atoms with Crippen LogP contribution in [0.4, 0.5) is 4.79 Å². The van der Waals surface area contributed by atoms with Crippen LogP contribution in [-0.2, 0) is 11.3 Å². The van der Waals surface area contributed by atoms with Gasteiger partial charge in [0, 0.05) is 31.7 Å². The summed E-state index contributed by atoms with van der Waals surface area (Å²) in [6, 6.07) is 9.09. The summed E-state index contributed by atoms with van der Waals surface area (Å²) >= 11 is 0. The highest BCUT2D eigenvalue weighted by molar-refractivity contribution is 5.81. The summed E-state index contributed by atoms with van der Waals surface area (Å²) in [4.78, 5) is 29.6. The van der Waals surface area contributed by atoms with Gasteiger partial charge in [0.1, 0.15) is 0 Å². The van der Waals surface area contributed by atoms with Gasteiger partial charge in [-0.05, 0) is 56.6 Å². The fourth-order valence-electron chi connectivity index (χ4n) is 3.91. The normalized spacial score (nSPS) is 19.8. The lowest BCUT2D eigenvalue weighted by Gasteiger charge is -2.35. The predicted molar refractivity (Wildman–Crippen MR) is 112 cm³/mol. The van der Waals surface area contributed by atoms with E-state index in [9.17, 15) is 9.59 Å². The molecule has 5 heteroatoms. The van der Waals surface area contributed by atoms with Gasteiger partial charge in [-0.25, -0.2) is 4.79 Å². The molecule has 1 aliphatic carbocycles. The highest BCUT2D eigenvalue weighted by atomic mass is 16.2. The Hall–Kier alpha value is -2.04. The number of urea groups is 1. The molecule has 0 unspecified atom stereocenters. The van der Waals surface area contributed by atoms with Crippen LogP contribution in [-0.4, -0.2) is 46.9 Å². The van der Waals surface area contributed by atoms with Crippen LogP contribution in [0.25, 0.3) is 0 Å². The van der Waals surface area contributed by atoms with E-state index in [0.717, 1.165) is 32.2 Å². The molecule has 1 N–H and O–H groups in total. The largest absolute Gasteiger partial charge is 0.336 e. The van der Waals surface area contributed by atoms with Crippen LogP contribution in [0.15, 0.2) is 24.3 Å². The topological polar surface area (TPSA) is 52.7 Å². The fraction of sp³-hybridized carbons (Fsp3) is 0.652. The molecule has 2 fully saturated rings. The van der Waals surface area contributed by atoms with Crippen LogP contribution >= 0.6 is 0 Å². The third-order valence-corrected chi connectivity index (χ3v) is 5.74. The first kappa shape index (κ1) is 20.7. The monoisotopic (exact) mass is 385 g/mol. The number of amides is 3. The van der Waals surface area contributed by atoms with E-state index in [1.165, 1.54) is 11.1 Å². The van der Waals surface area contributed by atoms with E-state index >= 15 is 0 Å². The summed E-state index contributed by atoms with van der Waals surface area (Å²) in [5.41, 5.74) is 2.52. The van der Waals surface area contributed by atoms with Crippen molar-refractivity contribution in [3.63, 3.8) is 0 Å². The van der Waals surface area contributed by atoms with Crippen molar-refractivity contribution in [3.8, 4) is 0 Å². The zero-order chi connectivity index (χ0) is 20.3. The maximum Gasteiger partial charge on any atom is 0.317 e. The van der Waals surface area contributed by atoms with Gasteiger partial charge in [0.25, 0.3) is 0 Å². The van der Waals surface area contributed by atoms with E-state index < -0.39 is 0 Å². The standard InChI is InChI=1S/C23H35N3O2/c1-16(2)19-9-7-18(8-10-19)14-26(21-11-12-21)22(27)20-6-5-13-25(15-20)23(28)24-17(3)4/h7-10,16-17,20-21H,5-6,11-15H2,1-4H3,(H,24,28)/t20-/m0/s1. The van der Waals surface area contributed by atoms with Gasteiger partial charge in [-0.3, -0.25) is 4.79 Å². The molecule has 1 atom stereocenters. The SMILES string of the molecule is CC(C)NC(=O)N1CCC[C@H](C(=O)N(Cc2ccc(C(C)C)cc2)C2CC2)C1. The predicted octanol–water partition coefficient (Wildman–Crippen LogP) is 4.13. The minimum absolute atomic E-state index is 0.0465. The second kappa shape index (κ2) is 8.97. The third kappa shape index (κ3) is 5.27. The Morgan fingerprint density at radius 2 is 1.79 bits per heavy atom. The number of hydrogen-bond donors (Lipinski definition) is 1. The lowest BCUT2D eigenvalue weighted by Crippen LogP contribution is -2.51. The Bertz CT molecular complexity index is 680. The molecule has 1 heterocycles. The van der Waals surface area contributed by atoms with Crippen LogP contribution in [0.3, 0.4) is 0 Å². The van der Waals surface area contributed by atoms with Gasteiger partial charge in [-0.2, -0.15) is 0 Å². The summed E-state index contributed by atoms with van der Waals surface area (Å²) in [7, 11) is 0. The molecular formula is C23H35N3O2. The Balaban J connectivity index is 1.65. The van der Waals surface area contributed by atoms with Crippen molar-refractivity contribution in [2.24, 2.45) is 5.92 Å². The minimum atomic E-state index is -0.0813. The van der Waals surface area contributed by atoms with E-state index in [0.29, 0.717) is 25.0 Å². The van der Waals surface area contributed by atoms with Gasteiger partial charge in [-0.1, -0.05) is 38.1 Å². The lowest BCUT2D eigenvalue weighted by molar-refractivity contribution is -0.138. The maximum atomic E-state index is 13.3. The van der Waals surface area contributed by atoms with Gasteiger partial charge in [0.15, 0.2) is 0 Å². The van der Waals surface area contributed by atoms with Crippen LogP contribution in [0, 0.1) is 5.92 Å². The summed E-state index contributed by atoms with van der Waals surface area (Å²) in [6.07, 6.45) is 3.96. The molecule has 0 radical (unpaired) electrons. The number of benzene rings is 1. The molecule has 0 aromatic heterocycles. The molecule has 0 spiro atoms. The Labute approximate surface area is 169 Å². The van der Waals surface area contributed by atoms with Crippen molar-refractivity contribution in [3.05, 3.63) is 35.4 Å². The molecular weight excluding hydrogens is 350 g/mol. The molecule has 1 saturated carbocycles. The molecule has 0 bridgehead atoms. The van der Waals surface area contributed by atoms with Gasteiger partial charge in [-0.15, -0.1) is 0 Å². The summed E-state index contributed by atoms with van der Waals surface area (Å²) in [5.74, 6) is 0.653. The van der Waals surface area contributed by atoms with Gasteiger partial charge in [0.05, 0.1) is 5.92 Å². The third-order valence-electron chi connectivity index (χ3n) is 5.74. The number of piperidine rings is 1. The zero-order valence-electron chi connectivity index (χ0n) is 17.8. The number of carbonyl (C=O) groups is 2. The van der Waals surface area contributed by atoms with E-state index in [2.05, 4.69) is 48.3 Å². The molecule has 1 aliphatic heterocycles. The van der Waals surface area contributed by atoms with Crippen molar-refractivity contribution >= 4 is 11.9 Å². The number of hydrogen-bond acceptors (Lipinski definition) is 2. The van der Waals surface area contributed by atoms with Gasteiger partial charge < -0.3 is 15.1 Å². The van der Waals surface area contributed by atoms with Crippen LogP contribution < -0.4 is 5.32 Å². The van der Waals surface area contributed by atoms with Crippen molar-refractivity contribution in [1.82, 2.24) is 15.1 Å². The first-order valence-corrected chi connectivity index (χ1v) is 10.8. The molecule has 1 aromatic rings. The Morgan fingerprint density at radius 3 is 2.36 bits per heavy atom. The number of nitrogens with one attached hydrogen (secondary N) is 1. The number of carbonyl (C=O) groups excluding carboxylic acids is 2. The zero-order valence-corrected chi connectivity index (χ0v) is 17.8. The summed E-state index contributed by atoms with van der Waals surface area (Å²) in [6.45, 7) is 10.3. The summed E-state index contributed by atoms with van der Waals surface area (Å²) in [5, 5.41) is 2.95. The average Bonchev–Trinajstić information content (AvgIpc) is 3.50. The molecule has 3 amide bonds. The number of nitrogens with zero attached hydrogens (tertiary/aromatic N) is 2. The highest BCUT2D eigenvalue weighted by Crippen LogP contribution is 2.31. The average molecular weight is 386 g/mol. The van der Waals surface area contributed by atoms with E-state index in [-0.39, 0.29) is 23.9 Å². The Kier molecular flexibility index (Phi) is 6.63. The molecule has 1 saturated heterocycles. The minimum Gasteiger partial charge on any atom is -0.336 e. The molecule has 28 heavy (non-hydrogen) atoms. The molecule has 2 aliphatic rings. The first-order chi connectivity index (χ1) is 13.3. The van der Waals surface area contributed by atoms with Crippen LogP contribution in [0.2, 0.25) is 0 Å². The smallest absolute Gasteiger partial charge is 0.317 e. The Morgan fingerprint density at radius 1 is 1.11 bits per heavy atom. The van der Waals surface area contributed by atoms with Gasteiger partial charge in [0.2, 0.25) is 5.91 Å². The van der Waals surface area contributed by atoms with Crippen molar-refractivity contribution in [1.29, 1.82) is 0 Å². The molecule has 5 nitrogen and oxygen atoms in total. The second-order valence-corrected chi connectivity index (χ2v) is 8.98. The fourth-order valence-corrected chi connectivity index (χ4v) is 3.91. The highest BCUT2D eigenvalue weighted by Gasteiger charge is 2.38. The van der Waals surface area contributed by atoms with Crippen molar-refractivity contribution in [2.45, 2.75) is 77.9 Å². The van der Waals surface area contributed by atoms with E-state index in [1.54, 1.807) is 0 Å². The number of rotatable bonds is 6. The number of likely N-dealkylation sites (tertiary alicyclic amines) is 1. The van der Waals surface area contributed by atoms with Gasteiger partial charge >= 0.3 is 6.03 Å². The van der Waals surface area contributed by atoms with Crippen LogP contribution in [0.5, 0.6) is 0 Å². The molecule has 3 rings (SSSR count). The van der Waals surface area contributed by atoms with Crippen molar-refractivity contribution < 1.29 is 9.59 Å². The van der Waals surface area contributed by atoms with Crippen molar-refractivity contribution in [2.75, 3.05) is 13.1 Å². The molecule has 1 aromatic carbocycles. The summed E-state index contributed by atoms with van der Waals surface area (Å²) < 4.78 is 0. The maximum absolute atomic E-state index is 13.3. The van der Waals surface area contributed by atoms with E-state index in [1.807, 2.05) is 18.7 Å². The molecule has 154 valence electrons.